The lowest BCUT2D eigenvalue weighted by Crippen LogP contribution is -1.95. The summed E-state index contributed by atoms with van der Waals surface area (Å²) in [6.45, 7) is 0.901. The minimum atomic E-state index is -0.263. The molecule has 94 valence electrons. The summed E-state index contributed by atoms with van der Waals surface area (Å²) < 4.78 is 19.2. The van der Waals surface area contributed by atoms with Crippen LogP contribution in [0.25, 0.3) is 0 Å². The topological polar surface area (TPSA) is 9.23 Å². The van der Waals surface area contributed by atoms with E-state index in [1.165, 1.54) is 12.1 Å². The zero-order chi connectivity index (χ0) is 13.0. The van der Waals surface area contributed by atoms with Crippen LogP contribution in [-0.4, -0.2) is 0 Å². The largest absolute Gasteiger partial charge is 0.372 e. The number of ether oxygens (including phenoxy) is 1. The molecule has 0 fully saturated rings. The Labute approximate surface area is 119 Å². The molecule has 0 aromatic heterocycles. The van der Waals surface area contributed by atoms with E-state index in [-0.39, 0.29) is 5.82 Å². The Morgan fingerprint density at radius 2 is 1.94 bits per heavy atom. The SMILES string of the molecule is Fc1ccc(COCc2cccc(Cl)c2)c(Br)c1. The molecule has 1 nitrogen and oxygen atoms in total. The van der Waals surface area contributed by atoms with Crippen LogP contribution in [0.1, 0.15) is 11.1 Å². The molecule has 0 heterocycles. The first-order valence-electron chi connectivity index (χ1n) is 5.41. The van der Waals surface area contributed by atoms with Gasteiger partial charge in [0, 0.05) is 9.50 Å². The normalized spacial score (nSPS) is 10.6. The Morgan fingerprint density at radius 3 is 2.67 bits per heavy atom. The lowest BCUT2D eigenvalue weighted by Gasteiger charge is -2.07. The van der Waals surface area contributed by atoms with Gasteiger partial charge in [-0.3, -0.25) is 0 Å². The van der Waals surface area contributed by atoms with Crippen LogP contribution in [0.15, 0.2) is 46.9 Å². The molecule has 0 aliphatic rings. The molecule has 0 saturated carbocycles. The highest BCUT2D eigenvalue weighted by atomic mass is 79.9. The van der Waals surface area contributed by atoms with E-state index in [1.807, 2.05) is 24.3 Å². The molecule has 0 amide bonds. The average Bonchev–Trinajstić information content (AvgIpc) is 2.32. The number of halogens is 3. The first kappa shape index (κ1) is 13.5. The average molecular weight is 330 g/mol. The van der Waals surface area contributed by atoms with Gasteiger partial charge in [-0.05, 0) is 35.4 Å². The number of hydrogen-bond donors (Lipinski definition) is 0. The van der Waals surface area contributed by atoms with Crippen LogP contribution in [0.5, 0.6) is 0 Å². The predicted molar refractivity (Wildman–Crippen MR) is 74.0 cm³/mol. The summed E-state index contributed by atoms with van der Waals surface area (Å²) in [7, 11) is 0. The van der Waals surface area contributed by atoms with E-state index in [4.69, 9.17) is 16.3 Å². The van der Waals surface area contributed by atoms with Crippen molar-refractivity contribution in [1.82, 2.24) is 0 Å². The van der Waals surface area contributed by atoms with Crippen LogP contribution < -0.4 is 0 Å². The van der Waals surface area contributed by atoms with Crippen molar-refractivity contribution in [2.45, 2.75) is 13.2 Å². The molecule has 0 aliphatic heterocycles. The zero-order valence-corrected chi connectivity index (χ0v) is 11.8. The molecule has 0 saturated heterocycles. The Kier molecular flexibility index (Phi) is 4.75. The Bertz CT molecular complexity index is 545. The Morgan fingerprint density at radius 1 is 1.11 bits per heavy atom. The number of benzene rings is 2. The molecular weight excluding hydrogens is 319 g/mol. The van der Waals surface area contributed by atoms with Crippen molar-refractivity contribution in [3.8, 4) is 0 Å². The molecule has 0 radical (unpaired) electrons. The van der Waals surface area contributed by atoms with E-state index >= 15 is 0 Å². The summed E-state index contributed by atoms with van der Waals surface area (Å²) in [5, 5.41) is 0.694. The van der Waals surface area contributed by atoms with Crippen LogP contribution in [0.2, 0.25) is 5.02 Å². The summed E-state index contributed by atoms with van der Waals surface area (Å²) in [5.41, 5.74) is 1.93. The molecule has 2 rings (SSSR count). The van der Waals surface area contributed by atoms with Crippen molar-refractivity contribution in [3.05, 3.63) is 68.9 Å². The lowest BCUT2D eigenvalue weighted by atomic mass is 10.2. The second-order valence-electron chi connectivity index (χ2n) is 3.86. The van der Waals surface area contributed by atoms with E-state index < -0.39 is 0 Å². The Hall–Kier alpha value is -0.900. The molecule has 2 aromatic rings. The maximum Gasteiger partial charge on any atom is 0.124 e. The molecule has 0 unspecified atom stereocenters. The molecule has 0 bridgehead atoms. The summed E-state index contributed by atoms with van der Waals surface area (Å²) in [5.74, 6) is -0.263. The smallest absolute Gasteiger partial charge is 0.124 e. The van der Waals surface area contributed by atoms with Gasteiger partial charge in [0.1, 0.15) is 5.82 Å². The van der Waals surface area contributed by atoms with Crippen LogP contribution in [0.3, 0.4) is 0 Å². The third-order valence-electron chi connectivity index (χ3n) is 2.43. The van der Waals surface area contributed by atoms with E-state index in [0.29, 0.717) is 22.7 Å². The highest BCUT2D eigenvalue weighted by Gasteiger charge is 2.02. The second-order valence-corrected chi connectivity index (χ2v) is 5.15. The molecule has 0 spiro atoms. The summed E-state index contributed by atoms with van der Waals surface area (Å²) in [4.78, 5) is 0. The fourth-order valence-electron chi connectivity index (χ4n) is 1.54. The minimum Gasteiger partial charge on any atom is -0.372 e. The van der Waals surface area contributed by atoms with Gasteiger partial charge in [-0.25, -0.2) is 4.39 Å². The van der Waals surface area contributed by atoms with Gasteiger partial charge in [0.2, 0.25) is 0 Å². The number of hydrogen-bond acceptors (Lipinski definition) is 1. The molecule has 4 heteroatoms. The first-order chi connectivity index (χ1) is 8.65. The van der Waals surface area contributed by atoms with Crippen molar-refractivity contribution in [1.29, 1.82) is 0 Å². The standard InChI is InChI=1S/C14H11BrClFO/c15-14-7-13(17)5-4-11(14)9-18-8-10-2-1-3-12(16)6-10/h1-7H,8-9H2. The van der Waals surface area contributed by atoms with E-state index in [0.717, 1.165) is 11.1 Å². The fraction of sp³-hybridized carbons (Fsp3) is 0.143. The summed E-state index contributed by atoms with van der Waals surface area (Å²) >= 11 is 9.18. The molecule has 2 aromatic carbocycles. The van der Waals surface area contributed by atoms with Crippen LogP contribution >= 0.6 is 27.5 Å². The van der Waals surface area contributed by atoms with Crippen molar-refractivity contribution in [2.75, 3.05) is 0 Å². The quantitative estimate of drug-likeness (QED) is 0.770. The van der Waals surface area contributed by atoms with Crippen molar-refractivity contribution < 1.29 is 9.13 Å². The van der Waals surface area contributed by atoms with E-state index in [2.05, 4.69) is 15.9 Å². The monoisotopic (exact) mass is 328 g/mol. The fourth-order valence-corrected chi connectivity index (χ4v) is 2.22. The third-order valence-corrected chi connectivity index (χ3v) is 3.40. The van der Waals surface area contributed by atoms with Crippen molar-refractivity contribution >= 4 is 27.5 Å². The first-order valence-corrected chi connectivity index (χ1v) is 6.58. The maximum absolute atomic E-state index is 12.9. The highest BCUT2D eigenvalue weighted by Crippen LogP contribution is 2.19. The van der Waals surface area contributed by atoms with Gasteiger partial charge in [-0.15, -0.1) is 0 Å². The van der Waals surface area contributed by atoms with E-state index in [9.17, 15) is 4.39 Å². The second kappa shape index (κ2) is 6.32. The van der Waals surface area contributed by atoms with Crippen LogP contribution in [0.4, 0.5) is 4.39 Å². The van der Waals surface area contributed by atoms with E-state index in [1.54, 1.807) is 6.07 Å². The minimum absolute atomic E-state index is 0.263. The van der Waals surface area contributed by atoms with Gasteiger partial charge >= 0.3 is 0 Å². The molecule has 0 aliphatic carbocycles. The number of rotatable bonds is 4. The molecular formula is C14H11BrClFO. The highest BCUT2D eigenvalue weighted by molar-refractivity contribution is 9.10. The van der Waals surface area contributed by atoms with Gasteiger partial charge in [-0.2, -0.15) is 0 Å². The van der Waals surface area contributed by atoms with Crippen molar-refractivity contribution in [3.63, 3.8) is 0 Å². The zero-order valence-electron chi connectivity index (χ0n) is 9.50. The van der Waals surface area contributed by atoms with Gasteiger partial charge in [0.05, 0.1) is 13.2 Å². The van der Waals surface area contributed by atoms with Gasteiger partial charge in [0.25, 0.3) is 0 Å². The summed E-state index contributed by atoms with van der Waals surface area (Å²) in [6.07, 6.45) is 0. The molecule has 18 heavy (non-hydrogen) atoms. The third kappa shape index (κ3) is 3.80. The predicted octanol–water partition coefficient (Wildman–Crippen LogP) is 4.96. The molecule has 0 atom stereocenters. The van der Waals surface area contributed by atoms with Gasteiger partial charge in [0.15, 0.2) is 0 Å². The Balaban J connectivity index is 1.92. The lowest BCUT2D eigenvalue weighted by molar-refractivity contribution is 0.106. The van der Waals surface area contributed by atoms with Crippen LogP contribution in [-0.2, 0) is 18.0 Å². The van der Waals surface area contributed by atoms with Crippen molar-refractivity contribution in [2.24, 2.45) is 0 Å². The van der Waals surface area contributed by atoms with Crippen LogP contribution in [0, 0.1) is 5.82 Å². The molecule has 0 N–H and O–H groups in total. The van der Waals surface area contributed by atoms with Gasteiger partial charge < -0.3 is 4.74 Å². The maximum atomic E-state index is 12.9. The van der Waals surface area contributed by atoms with Gasteiger partial charge in [-0.1, -0.05) is 45.7 Å². The summed E-state index contributed by atoms with van der Waals surface area (Å²) in [6, 6.07) is 12.1.